The van der Waals surface area contributed by atoms with Crippen molar-refractivity contribution in [3.05, 3.63) is 48.6 Å². The van der Waals surface area contributed by atoms with E-state index in [1.165, 1.54) is 5.39 Å². The zero-order chi connectivity index (χ0) is 9.38. The highest BCUT2D eigenvalue weighted by Crippen LogP contribution is 2.28. The van der Waals surface area contributed by atoms with Gasteiger partial charge in [0.25, 0.3) is 0 Å². The molecule has 2 heterocycles. The summed E-state index contributed by atoms with van der Waals surface area (Å²) in [6.07, 6.45) is 7.53. The quantitative estimate of drug-likeness (QED) is 0.666. The van der Waals surface area contributed by atoms with E-state index in [1.807, 2.05) is 30.6 Å². The van der Waals surface area contributed by atoms with Gasteiger partial charge < -0.3 is 4.42 Å². The van der Waals surface area contributed by atoms with Gasteiger partial charge in [-0.3, -0.25) is 4.99 Å². The first-order valence-electron chi connectivity index (χ1n) is 4.61. The van der Waals surface area contributed by atoms with Crippen LogP contribution in [0.1, 0.15) is 11.7 Å². The van der Waals surface area contributed by atoms with Crippen LogP contribution in [-0.4, -0.2) is 6.21 Å². The number of hydrogen-bond acceptors (Lipinski definition) is 2. The molecule has 2 heteroatoms. The van der Waals surface area contributed by atoms with Crippen molar-refractivity contribution in [2.75, 3.05) is 0 Å². The highest BCUT2D eigenvalue weighted by molar-refractivity contribution is 5.88. The summed E-state index contributed by atoms with van der Waals surface area (Å²) in [5.41, 5.74) is 0. The van der Waals surface area contributed by atoms with Gasteiger partial charge in [-0.2, -0.15) is 0 Å². The van der Waals surface area contributed by atoms with Crippen LogP contribution in [0.2, 0.25) is 0 Å². The average molecular weight is 183 g/mol. The van der Waals surface area contributed by atoms with E-state index in [-0.39, 0.29) is 5.92 Å². The van der Waals surface area contributed by atoms with Crippen molar-refractivity contribution in [2.24, 2.45) is 4.99 Å². The number of furan rings is 1. The Balaban J connectivity index is 2.21. The molecule has 1 aromatic carbocycles. The van der Waals surface area contributed by atoms with E-state index in [0.29, 0.717) is 0 Å². The van der Waals surface area contributed by atoms with Gasteiger partial charge in [0.2, 0.25) is 0 Å². The summed E-state index contributed by atoms with van der Waals surface area (Å²) >= 11 is 0. The number of allylic oxidation sites excluding steroid dienone is 1. The molecule has 1 atom stereocenters. The fourth-order valence-corrected chi connectivity index (χ4v) is 1.76. The Morgan fingerprint density at radius 1 is 1.21 bits per heavy atom. The summed E-state index contributed by atoms with van der Waals surface area (Å²) in [7, 11) is 0. The number of hydrogen-bond donors (Lipinski definition) is 0. The van der Waals surface area contributed by atoms with Crippen LogP contribution in [0.4, 0.5) is 0 Å². The van der Waals surface area contributed by atoms with Gasteiger partial charge >= 0.3 is 0 Å². The Kier molecular flexibility index (Phi) is 1.53. The highest BCUT2D eigenvalue weighted by Gasteiger charge is 2.15. The maximum absolute atomic E-state index is 5.56. The Bertz CT molecular complexity index is 510. The lowest BCUT2D eigenvalue weighted by Gasteiger charge is -1.99. The minimum atomic E-state index is 0.204. The number of benzene rings is 1. The zero-order valence-electron chi connectivity index (χ0n) is 7.55. The third kappa shape index (κ3) is 1.01. The van der Waals surface area contributed by atoms with E-state index >= 15 is 0 Å². The third-order valence-corrected chi connectivity index (χ3v) is 2.47. The first-order valence-corrected chi connectivity index (χ1v) is 4.61. The summed E-state index contributed by atoms with van der Waals surface area (Å²) in [6, 6.07) is 8.17. The van der Waals surface area contributed by atoms with Gasteiger partial charge in [0, 0.05) is 23.2 Å². The number of nitrogens with zero attached hydrogens (tertiary/aromatic N) is 1. The molecule has 68 valence electrons. The molecule has 2 aromatic rings. The van der Waals surface area contributed by atoms with Crippen molar-refractivity contribution >= 4 is 17.0 Å². The molecule has 1 unspecified atom stereocenters. The van der Waals surface area contributed by atoms with Gasteiger partial charge in [-0.15, -0.1) is 0 Å². The summed E-state index contributed by atoms with van der Waals surface area (Å²) in [5.74, 6) is 1.19. The molecule has 0 aliphatic carbocycles. The minimum absolute atomic E-state index is 0.204. The van der Waals surface area contributed by atoms with E-state index in [2.05, 4.69) is 17.1 Å². The third-order valence-electron chi connectivity index (χ3n) is 2.47. The molecule has 0 spiro atoms. The average Bonchev–Trinajstić information content (AvgIpc) is 2.85. The Labute approximate surface area is 81.6 Å². The lowest BCUT2D eigenvalue weighted by Crippen LogP contribution is -1.90. The molecule has 0 radical (unpaired) electrons. The van der Waals surface area contributed by atoms with Gasteiger partial charge in [0.05, 0.1) is 12.2 Å². The molecule has 0 bridgehead atoms. The van der Waals surface area contributed by atoms with E-state index in [1.54, 1.807) is 6.26 Å². The largest absolute Gasteiger partial charge is 0.467 e. The topological polar surface area (TPSA) is 25.5 Å². The standard InChI is InChI=1S/C12H9NO/c1-2-4-11-10(3-1)8-14-12(11)9-5-6-13-7-9/h1-9H. The predicted molar refractivity (Wildman–Crippen MR) is 56.6 cm³/mol. The van der Waals surface area contributed by atoms with Crippen LogP contribution >= 0.6 is 0 Å². The molecule has 0 saturated carbocycles. The predicted octanol–water partition coefficient (Wildman–Crippen LogP) is 3.11. The number of fused-ring (bicyclic) bond motifs is 1. The smallest absolute Gasteiger partial charge is 0.123 e. The van der Waals surface area contributed by atoms with Crippen molar-refractivity contribution in [1.29, 1.82) is 0 Å². The van der Waals surface area contributed by atoms with E-state index in [4.69, 9.17) is 4.42 Å². The maximum atomic E-state index is 5.56. The molecular weight excluding hydrogens is 174 g/mol. The van der Waals surface area contributed by atoms with Crippen LogP contribution in [0.25, 0.3) is 10.8 Å². The molecule has 1 aliphatic rings. The van der Waals surface area contributed by atoms with Crippen LogP contribution in [0.5, 0.6) is 0 Å². The first kappa shape index (κ1) is 7.56. The van der Waals surface area contributed by atoms with Crippen LogP contribution in [-0.2, 0) is 0 Å². The SMILES string of the molecule is C1=CC(c2occ3ccccc23)C=N1. The van der Waals surface area contributed by atoms with Crippen molar-refractivity contribution < 1.29 is 4.42 Å². The van der Waals surface area contributed by atoms with Crippen molar-refractivity contribution in [2.45, 2.75) is 5.92 Å². The van der Waals surface area contributed by atoms with Crippen LogP contribution < -0.4 is 0 Å². The lowest BCUT2D eigenvalue weighted by molar-refractivity contribution is 0.522. The maximum Gasteiger partial charge on any atom is 0.123 e. The molecule has 2 nitrogen and oxygen atoms in total. The molecule has 0 fully saturated rings. The molecule has 3 rings (SSSR count). The minimum Gasteiger partial charge on any atom is -0.467 e. The second-order valence-corrected chi connectivity index (χ2v) is 3.35. The van der Waals surface area contributed by atoms with Gasteiger partial charge in [0.1, 0.15) is 5.76 Å². The van der Waals surface area contributed by atoms with Crippen molar-refractivity contribution in [3.63, 3.8) is 0 Å². The normalized spacial score (nSPS) is 19.6. The van der Waals surface area contributed by atoms with Crippen molar-refractivity contribution in [3.8, 4) is 0 Å². The Hall–Kier alpha value is -1.83. The van der Waals surface area contributed by atoms with E-state index in [0.717, 1.165) is 11.1 Å². The number of aliphatic imine (C=N–C) groups is 1. The Morgan fingerprint density at radius 2 is 2.14 bits per heavy atom. The van der Waals surface area contributed by atoms with Gasteiger partial charge in [-0.1, -0.05) is 30.3 Å². The highest BCUT2D eigenvalue weighted by atomic mass is 16.3. The molecule has 0 amide bonds. The fraction of sp³-hybridized carbons (Fsp3) is 0.0833. The molecule has 14 heavy (non-hydrogen) atoms. The van der Waals surface area contributed by atoms with Crippen molar-refractivity contribution in [1.82, 2.24) is 0 Å². The Morgan fingerprint density at radius 3 is 3.00 bits per heavy atom. The van der Waals surface area contributed by atoms with Gasteiger partial charge in [-0.25, -0.2) is 0 Å². The molecule has 0 N–H and O–H groups in total. The lowest BCUT2D eigenvalue weighted by atomic mass is 10.0. The van der Waals surface area contributed by atoms with Crippen LogP contribution in [0.15, 0.2) is 52.2 Å². The summed E-state index contributed by atoms with van der Waals surface area (Å²) in [5, 5.41) is 2.33. The second kappa shape index (κ2) is 2.84. The summed E-state index contributed by atoms with van der Waals surface area (Å²) < 4.78 is 5.56. The molecule has 1 aromatic heterocycles. The fourth-order valence-electron chi connectivity index (χ4n) is 1.76. The van der Waals surface area contributed by atoms with Crippen LogP contribution in [0, 0.1) is 0 Å². The second-order valence-electron chi connectivity index (χ2n) is 3.35. The van der Waals surface area contributed by atoms with E-state index < -0.39 is 0 Å². The molecule has 1 aliphatic heterocycles. The van der Waals surface area contributed by atoms with E-state index in [9.17, 15) is 0 Å². The van der Waals surface area contributed by atoms with Gasteiger partial charge in [0.15, 0.2) is 0 Å². The first-order chi connectivity index (χ1) is 6.95. The molecular formula is C12H9NO. The summed E-state index contributed by atoms with van der Waals surface area (Å²) in [6.45, 7) is 0. The molecule has 0 saturated heterocycles. The summed E-state index contributed by atoms with van der Waals surface area (Å²) in [4.78, 5) is 4.06. The monoisotopic (exact) mass is 183 g/mol. The van der Waals surface area contributed by atoms with Gasteiger partial charge in [-0.05, 0) is 0 Å². The number of rotatable bonds is 1. The zero-order valence-corrected chi connectivity index (χ0v) is 7.55. The van der Waals surface area contributed by atoms with Crippen LogP contribution in [0.3, 0.4) is 0 Å².